The summed E-state index contributed by atoms with van der Waals surface area (Å²) in [6, 6.07) is 13.4. The third-order valence-electron chi connectivity index (χ3n) is 5.78. The lowest BCUT2D eigenvalue weighted by molar-refractivity contribution is -0.112. The van der Waals surface area contributed by atoms with Gasteiger partial charge in [0.2, 0.25) is 0 Å². The predicted octanol–water partition coefficient (Wildman–Crippen LogP) is 5.92. The van der Waals surface area contributed by atoms with Crippen LogP contribution >= 0.6 is 11.6 Å². The highest BCUT2D eigenvalue weighted by molar-refractivity contribution is 6.31. The van der Waals surface area contributed by atoms with Crippen LogP contribution < -0.4 is 10.2 Å². The minimum absolute atomic E-state index is 0.0569. The van der Waals surface area contributed by atoms with Crippen LogP contribution in [0.2, 0.25) is 5.02 Å². The standard InChI is InChI=1S/C24H26ClN3O/c1-15-6-8-19(25)12-21(15)27-23(29)18(14-26)10-17-7-9-22-20(11-17)16(2)13-24(3,4)28(22)5/h6-12,16H,13H2,1-5H3,(H,27,29)/b18-10-. The highest BCUT2D eigenvalue weighted by atomic mass is 35.5. The molecule has 5 heteroatoms. The molecule has 3 rings (SSSR count). The number of amides is 1. The first-order chi connectivity index (χ1) is 13.6. The van der Waals surface area contributed by atoms with Crippen LogP contribution in [-0.2, 0) is 4.79 Å². The Morgan fingerprint density at radius 3 is 2.72 bits per heavy atom. The average Bonchev–Trinajstić information content (AvgIpc) is 2.66. The number of benzene rings is 2. The van der Waals surface area contributed by atoms with Crippen LogP contribution in [0.25, 0.3) is 6.08 Å². The summed E-state index contributed by atoms with van der Waals surface area (Å²) >= 11 is 6.02. The normalized spacial score (nSPS) is 18.0. The fraction of sp³-hybridized carbons (Fsp3) is 0.333. The van der Waals surface area contributed by atoms with Crippen molar-refractivity contribution in [2.75, 3.05) is 17.3 Å². The van der Waals surface area contributed by atoms with E-state index < -0.39 is 5.91 Å². The van der Waals surface area contributed by atoms with Gasteiger partial charge in [0.05, 0.1) is 0 Å². The van der Waals surface area contributed by atoms with Gasteiger partial charge in [0.15, 0.2) is 0 Å². The number of aryl methyl sites for hydroxylation is 1. The molecule has 0 saturated carbocycles. The Hall–Kier alpha value is -2.77. The molecule has 1 amide bonds. The van der Waals surface area contributed by atoms with E-state index in [-0.39, 0.29) is 11.1 Å². The number of rotatable bonds is 3. The van der Waals surface area contributed by atoms with Gasteiger partial charge in [-0.25, -0.2) is 0 Å². The van der Waals surface area contributed by atoms with Crippen LogP contribution in [0.3, 0.4) is 0 Å². The first kappa shape index (κ1) is 21.0. The molecule has 0 aromatic heterocycles. The van der Waals surface area contributed by atoms with Crippen LogP contribution in [0, 0.1) is 18.3 Å². The molecule has 0 saturated heterocycles. The lowest BCUT2D eigenvalue weighted by Gasteiger charge is -2.45. The molecule has 1 heterocycles. The molecule has 0 aliphatic carbocycles. The second-order valence-corrected chi connectivity index (χ2v) is 8.81. The van der Waals surface area contributed by atoms with E-state index in [1.165, 1.54) is 11.3 Å². The summed E-state index contributed by atoms with van der Waals surface area (Å²) in [5.74, 6) is -0.0418. The number of hydrogen-bond donors (Lipinski definition) is 1. The summed E-state index contributed by atoms with van der Waals surface area (Å²) in [5.41, 5.74) is 4.92. The Morgan fingerprint density at radius 1 is 1.31 bits per heavy atom. The zero-order chi connectivity index (χ0) is 21.3. The number of nitriles is 1. The van der Waals surface area contributed by atoms with Gasteiger partial charge in [-0.05, 0) is 80.1 Å². The minimum atomic E-state index is -0.443. The van der Waals surface area contributed by atoms with Gasteiger partial charge >= 0.3 is 0 Å². The molecule has 0 radical (unpaired) electrons. The maximum Gasteiger partial charge on any atom is 0.266 e. The van der Waals surface area contributed by atoms with Crippen molar-refractivity contribution in [2.45, 2.75) is 45.6 Å². The molecule has 0 bridgehead atoms. The van der Waals surface area contributed by atoms with Crippen LogP contribution in [0.15, 0.2) is 42.0 Å². The summed E-state index contributed by atoms with van der Waals surface area (Å²) in [4.78, 5) is 14.9. The second-order valence-electron chi connectivity index (χ2n) is 8.38. The Balaban J connectivity index is 1.90. The molecular weight excluding hydrogens is 382 g/mol. The fourth-order valence-electron chi connectivity index (χ4n) is 3.92. The first-order valence-electron chi connectivity index (χ1n) is 9.69. The molecule has 1 atom stereocenters. The van der Waals surface area contributed by atoms with Gasteiger partial charge in [0.1, 0.15) is 11.6 Å². The van der Waals surface area contributed by atoms with E-state index >= 15 is 0 Å². The second kappa shape index (κ2) is 7.93. The summed E-state index contributed by atoms with van der Waals surface area (Å²) in [5, 5.41) is 12.9. The van der Waals surface area contributed by atoms with Crippen molar-refractivity contribution in [3.8, 4) is 6.07 Å². The quantitative estimate of drug-likeness (QED) is 0.507. The van der Waals surface area contributed by atoms with Gasteiger partial charge < -0.3 is 10.2 Å². The number of carbonyl (C=O) groups is 1. The van der Waals surface area contributed by atoms with Crippen LogP contribution in [-0.4, -0.2) is 18.5 Å². The van der Waals surface area contributed by atoms with Gasteiger partial charge in [-0.2, -0.15) is 5.26 Å². The van der Waals surface area contributed by atoms with Crippen LogP contribution in [0.1, 0.15) is 49.8 Å². The van der Waals surface area contributed by atoms with E-state index in [0.717, 1.165) is 17.5 Å². The smallest absolute Gasteiger partial charge is 0.266 e. The number of anilines is 2. The molecule has 1 unspecified atom stereocenters. The zero-order valence-corrected chi connectivity index (χ0v) is 18.3. The van der Waals surface area contributed by atoms with Gasteiger partial charge in [0.25, 0.3) is 5.91 Å². The third-order valence-corrected chi connectivity index (χ3v) is 6.02. The summed E-state index contributed by atoms with van der Waals surface area (Å²) in [6.07, 6.45) is 2.69. The van der Waals surface area contributed by atoms with Crippen molar-refractivity contribution in [1.82, 2.24) is 0 Å². The molecule has 2 aromatic carbocycles. The molecule has 0 fully saturated rings. The SMILES string of the molecule is Cc1ccc(Cl)cc1NC(=O)/C(C#N)=C\c1ccc2c(c1)C(C)CC(C)(C)N2C. The molecule has 2 aromatic rings. The third kappa shape index (κ3) is 4.31. The number of nitrogens with one attached hydrogen (secondary N) is 1. The van der Waals surface area contributed by atoms with E-state index in [1.54, 1.807) is 18.2 Å². The summed E-state index contributed by atoms with van der Waals surface area (Å²) in [7, 11) is 2.11. The molecule has 4 nitrogen and oxygen atoms in total. The fourth-order valence-corrected chi connectivity index (χ4v) is 4.09. The van der Waals surface area contributed by atoms with Crippen molar-refractivity contribution >= 4 is 35.0 Å². The monoisotopic (exact) mass is 407 g/mol. The topological polar surface area (TPSA) is 56.1 Å². The molecule has 29 heavy (non-hydrogen) atoms. The maximum atomic E-state index is 12.6. The molecule has 0 spiro atoms. The summed E-state index contributed by atoms with van der Waals surface area (Å²) in [6.45, 7) is 8.60. The van der Waals surface area contributed by atoms with Gasteiger partial charge in [-0.1, -0.05) is 30.7 Å². The Kier molecular flexibility index (Phi) is 5.73. The van der Waals surface area contributed by atoms with Gasteiger partial charge in [-0.3, -0.25) is 4.79 Å². The van der Waals surface area contributed by atoms with Crippen molar-refractivity contribution in [2.24, 2.45) is 0 Å². The predicted molar refractivity (Wildman–Crippen MR) is 120 cm³/mol. The largest absolute Gasteiger partial charge is 0.369 e. The van der Waals surface area contributed by atoms with Crippen molar-refractivity contribution in [1.29, 1.82) is 5.26 Å². The highest BCUT2D eigenvalue weighted by Crippen LogP contribution is 2.42. The average molecular weight is 408 g/mol. The van der Waals surface area contributed by atoms with E-state index in [1.807, 2.05) is 25.1 Å². The van der Waals surface area contributed by atoms with Crippen molar-refractivity contribution < 1.29 is 4.79 Å². The minimum Gasteiger partial charge on any atom is -0.369 e. The Bertz CT molecular complexity index is 1030. The van der Waals surface area contributed by atoms with Crippen LogP contribution in [0.5, 0.6) is 0 Å². The molecule has 1 N–H and O–H groups in total. The number of hydrogen-bond acceptors (Lipinski definition) is 3. The van der Waals surface area contributed by atoms with E-state index in [2.05, 4.69) is 50.2 Å². The van der Waals surface area contributed by atoms with Gasteiger partial charge in [0, 0.05) is 29.0 Å². The molecule has 1 aliphatic heterocycles. The van der Waals surface area contributed by atoms with Gasteiger partial charge in [-0.15, -0.1) is 0 Å². The molecule has 1 aliphatic rings. The lowest BCUT2D eigenvalue weighted by atomic mass is 9.80. The molecule has 150 valence electrons. The van der Waals surface area contributed by atoms with Crippen molar-refractivity contribution in [3.05, 3.63) is 63.7 Å². The lowest BCUT2D eigenvalue weighted by Crippen LogP contribution is -2.45. The number of halogens is 1. The van der Waals surface area contributed by atoms with E-state index in [4.69, 9.17) is 11.6 Å². The maximum absolute atomic E-state index is 12.6. The molecular formula is C24H26ClN3O. The Labute approximate surface area is 177 Å². The van der Waals surface area contributed by atoms with Crippen molar-refractivity contribution in [3.63, 3.8) is 0 Å². The highest BCUT2D eigenvalue weighted by Gasteiger charge is 2.33. The summed E-state index contributed by atoms with van der Waals surface area (Å²) < 4.78 is 0. The van der Waals surface area contributed by atoms with E-state index in [0.29, 0.717) is 16.6 Å². The van der Waals surface area contributed by atoms with Crippen LogP contribution in [0.4, 0.5) is 11.4 Å². The number of fused-ring (bicyclic) bond motifs is 1. The number of nitrogens with zero attached hydrogens (tertiary/aromatic N) is 2. The zero-order valence-electron chi connectivity index (χ0n) is 17.5. The Morgan fingerprint density at radius 2 is 2.03 bits per heavy atom. The number of carbonyl (C=O) groups excluding carboxylic acids is 1. The first-order valence-corrected chi connectivity index (χ1v) is 10.1. The van der Waals surface area contributed by atoms with E-state index in [9.17, 15) is 10.1 Å².